The molecular formula is C21H17F5N4O2. The Labute approximate surface area is 179 Å². The molecule has 168 valence electrons. The van der Waals surface area contributed by atoms with Gasteiger partial charge < -0.3 is 15.0 Å². The summed E-state index contributed by atoms with van der Waals surface area (Å²) in [6.07, 6.45) is -6.49. The molecule has 1 saturated heterocycles. The summed E-state index contributed by atoms with van der Waals surface area (Å²) in [5.74, 6) is -0.285. The third-order valence-electron chi connectivity index (χ3n) is 5.00. The van der Waals surface area contributed by atoms with E-state index in [0.717, 1.165) is 17.0 Å². The lowest BCUT2D eigenvalue weighted by Crippen LogP contribution is -2.56. The molecule has 1 atom stereocenters. The predicted molar refractivity (Wildman–Crippen MR) is 105 cm³/mol. The first kappa shape index (κ1) is 21.9. The van der Waals surface area contributed by atoms with Gasteiger partial charge in [-0.05, 0) is 30.3 Å². The van der Waals surface area contributed by atoms with E-state index >= 15 is 0 Å². The van der Waals surface area contributed by atoms with E-state index in [0.29, 0.717) is 29.4 Å². The van der Waals surface area contributed by atoms with Crippen LogP contribution in [0.5, 0.6) is 11.6 Å². The van der Waals surface area contributed by atoms with Gasteiger partial charge in [-0.2, -0.15) is 13.2 Å². The van der Waals surface area contributed by atoms with Gasteiger partial charge in [0.1, 0.15) is 17.5 Å². The van der Waals surface area contributed by atoms with Crippen molar-refractivity contribution in [2.45, 2.75) is 18.6 Å². The number of fused-ring (bicyclic) bond motifs is 1. The fraction of sp³-hybridized carbons (Fsp3) is 0.286. The first-order valence-corrected chi connectivity index (χ1v) is 9.64. The molecule has 1 amide bonds. The fourth-order valence-corrected chi connectivity index (χ4v) is 3.37. The molecule has 1 aliphatic heterocycles. The number of hydrogen-bond donors (Lipinski definition) is 1. The molecule has 0 radical (unpaired) electrons. The molecule has 0 spiro atoms. The summed E-state index contributed by atoms with van der Waals surface area (Å²) in [5, 5.41) is 3.44. The highest BCUT2D eigenvalue weighted by atomic mass is 19.4. The van der Waals surface area contributed by atoms with E-state index in [4.69, 9.17) is 4.74 Å². The summed E-state index contributed by atoms with van der Waals surface area (Å²) in [6.45, 7) is 0.581. The number of nitrogens with one attached hydrogen (secondary N) is 1. The van der Waals surface area contributed by atoms with Crippen LogP contribution in [0.15, 0.2) is 48.7 Å². The number of rotatable bonds is 4. The SMILES string of the molecule is O=C(c1ccc2cc(Oc3ccc(C(F)(F)F)cn3)ccc2n1)N1CCNC[C@H]1C(F)F. The van der Waals surface area contributed by atoms with Gasteiger partial charge in [-0.1, -0.05) is 6.07 Å². The van der Waals surface area contributed by atoms with Crippen LogP contribution in [0.25, 0.3) is 10.9 Å². The molecule has 11 heteroatoms. The molecule has 0 bridgehead atoms. The Morgan fingerprint density at radius 1 is 1.16 bits per heavy atom. The van der Waals surface area contributed by atoms with Crippen molar-refractivity contribution in [1.82, 2.24) is 20.2 Å². The van der Waals surface area contributed by atoms with Gasteiger partial charge in [0.05, 0.1) is 11.1 Å². The van der Waals surface area contributed by atoms with Crippen LogP contribution in [-0.2, 0) is 6.18 Å². The average molecular weight is 452 g/mol. The summed E-state index contributed by atoms with van der Waals surface area (Å²) in [7, 11) is 0. The molecule has 0 saturated carbocycles. The van der Waals surface area contributed by atoms with E-state index in [9.17, 15) is 26.7 Å². The van der Waals surface area contributed by atoms with Crippen molar-refractivity contribution in [2.24, 2.45) is 0 Å². The van der Waals surface area contributed by atoms with Crippen molar-refractivity contribution in [1.29, 1.82) is 0 Å². The van der Waals surface area contributed by atoms with Gasteiger partial charge in [-0.15, -0.1) is 0 Å². The maximum Gasteiger partial charge on any atom is 0.417 e. The minimum absolute atomic E-state index is 0.00960. The summed E-state index contributed by atoms with van der Waals surface area (Å²) in [6, 6.07) is 8.47. The molecule has 4 rings (SSSR count). The number of alkyl halides is 5. The Kier molecular flexibility index (Phi) is 5.92. The summed E-state index contributed by atoms with van der Waals surface area (Å²) in [4.78, 5) is 21.8. The zero-order chi connectivity index (χ0) is 22.9. The lowest BCUT2D eigenvalue weighted by molar-refractivity contribution is -0.137. The molecule has 1 N–H and O–H groups in total. The van der Waals surface area contributed by atoms with Crippen LogP contribution in [0.4, 0.5) is 22.0 Å². The fourth-order valence-electron chi connectivity index (χ4n) is 3.37. The van der Waals surface area contributed by atoms with E-state index in [-0.39, 0.29) is 24.7 Å². The van der Waals surface area contributed by atoms with Gasteiger partial charge in [0.25, 0.3) is 12.3 Å². The Morgan fingerprint density at radius 3 is 2.66 bits per heavy atom. The number of ether oxygens (including phenoxy) is 1. The van der Waals surface area contributed by atoms with Gasteiger partial charge >= 0.3 is 6.18 Å². The molecule has 0 unspecified atom stereocenters. The number of halogens is 5. The number of carbonyl (C=O) groups excluding carboxylic acids is 1. The molecular weight excluding hydrogens is 435 g/mol. The van der Waals surface area contributed by atoms with E-state index in [2.05, 4.69) is 15.3 Å². The normalized spacial score (nSPS) is 17.1. The Morgan fingerprint density at radius 2 is 1.97 bits per heavy atom. The zero-order valence-corrected chi connectivity index (χ0v) is 16.4. The summed E-state index contributed by atoms with van der Waals surface area (Å²) < 4.78 is 69.9. The van der Waals surface area contributed by atoms with Crippen molar-refractivity contribution in [3.63, 3.8) is 0 Å². The summed E-state index contributed by atoms with van der Waals surface area (Å²) in [5.41, 5.74) is -0.404. The van der Waals surface area contributed by atoms with Gasteiger partial charge in [0.15, 0.2) is 0 Å². The first-order chi connectivity index (χ1) is 15.2. The molecule has 0 aliphatic carbocycles. The zero-order valence-electron chi connectivity index (χ0n) is 16.4. The molecule has 6 nitrogen and oxygen atoms in total. The van der Waals surface area contributed by atoms with Gasteiger partial charge in [-0.25, -0.2) is 18.7 Å². The molecule has 3 aromatic rings. The minimum Gasteiger partial charge on any atom is -0.439 e. The van der Waals surface area contributed by atoms with Gasteiger partial charge in [0, 0.05) is 37.3 Å². The maximum atomic E-state index is 13.3. The van der Waals surface area contributed by atoms with E-state index in [1.54, 1.807) is 18.2 Å². The number of nitrogens with zero attached hydrogens (tertiary/aromatic N) is 3. The van der Waals surface area contributed by atoms with Gasteiger partial charge in [0.2, 0.25) is 5.88 Å². The van der Waals surface area contributed by atoms with Crippen LogP contribution in [0.2, 0.25) is 0 Å². The second-order valence-electron chi connectivity index (χ2n) is 7.14. The number of benzene rings is 1. The van der Waals surface area contributed by atoms with E-state index < -0.39 is 30.1 Å². The smallest absolute Gasteiger partial charge is 0.417 e. The molecule has 2 aromatic heterocycles. The number of amides is 1. The maximum absolute atomic E-state index is 13.3. The Balaban J connectivity index is 1.52. The molecule has 1 aliphatic rings. The highest BCUT2D eigenvalue weighted by Gasteiger charge is 2.34. The lowest BCUT2D eigenvalue weighted by atomic mass is 10.1. The minimum atomic E-state index is -4.49. The average Bonchev–Trinajstić information content (AvgIpc) is 2.78. The van der Waals surface area contributed by atoms with Crippen molar-refractivity contribution in [3.05, 3.63) is 59.9 Å². The van der Waals surface area contributed by atoms with Crippen LogP contribution in [0.3, 0.4) is 0 Å². The van der Waals surface area contributed by atoms with Gasteiger partial charge in [-0.3, -0.25) is 4.79 Å². The largest absolute Gasteiger partial charge is 0.439 e. The number of piperazine rings is 1. The van der Waals surface area contributed by atoms with Crippen LogP contribution in [0.1, 0.15) is 16.1 Å². The monoisotopic (exact) mass is 452 g/mol. The number of aromatic nitrogens is 2. The summed E-state index contributed by atoms with van der Waals surface area (Å²) >= 11 is 0. The molecule has 32 heavy (non-hydrogen) atoms. The van der Waals surface area contributed by atoms with E-state index in [1.165, 1.54) is 12.1 Å². The predicted octanol–water partition coefficient (Wildman–Crippen LogP) is 4.12. The van der Waals surface area contributed by atoms with Crippen molar-refractivity contribution < 1.29 is 31.5 Å². The van der Waals surface area contributed by atoms with Crippen molar-refractivity contribution >= 4 is 16.8 Å². The standard InChI is InChI=1S/C21H17F5N4O2/c22-19(23)17-11-27-7-8-30(17)20(31)16-4-1-12-9-14(3-5-15(12)29-16)32-18-6-2-13(10-28-18)21(24,25)26/h1-6,9-10,17,19,27H,7-8,11H2/t17-/m0/s1. The van der Waals surface area contributed by atoms with Crippen LogP contribution in [-0.4, -0.2) is 52.9 Å². The number of carbonyl (C=O) groups is 1. The topological polar surface area (TPSA) is 67.3 Å². The van der Waals surface area contributed by atoms with Crippen LogP contribution < -0.4 is 10.1 Å². The number of hydrogen-bond acceptors (Lipinski definition) is 5. The molecule has 3 heterocycles. The van der Waals surface area contributed by atoms with Crippen LogP contribution in [0, 0.1) is 0 Å². The first-order valence-electron chi connectivity index (χ1n) is 9.64. The quantitative estimate of drug-likeness (QED) is 0.604. The van der Waals surface area contributed by atoms with E-state index in [1.807, 2.05) is 0 Å². The molecule has 1 aromatic carbocycles. The highest BCUT2D eigenvalue weighted by Crippen LogP contribution is 2.30. The van der Waals surface area contributed by atoms with Crippen LogP contribution >= 0.6 is 0 Å². The second kappa shape index (κ2) is 8.65. The van der Waals surface area contributed by atoms with Crippen molar-refractivity contribution in [2.75, 3.05) is 19.6 Å². The lowest BCUT2D eigenvalue weighted by Gasteiger charge is -2.35. The Hall–Kier alpha value is -3.34. The molecule has 1 fully saturated rings. The number of pyridine rings is 2. The highest BCUT2D eigenvalue weighted by molar-refractivity contribution is 5.95. The second-order valence-corrected chi connectivity index (χ2v) is 7.14. The Bertz CT molecular complexity index is 1120. The third-order valence-corrected chi connectivity index (χ3v) is 5.00. The van der Waals surface area contributed by atoms with Crippen molar-refractivity contribution in [3.8, 4) is 11.6 Å². The third kappa shape index (κ3) is 4.62.